The van der Waals surface area contributed by atoms with Gasteiger partial charge in [-0.3, -0.25) is 4.79 Å². The fraction of sp³-hybridized carbons (Fsp3) is 0.923. The van der Waals surface area contributed by atoms with Crippen LogP contribution in [0.4, 0.5) is 0 Å². The topological polar surface area (TPSA) is 61.8 Å². The van der Waals surface area contributed by atoms with Gasteiger partial charge in [-0.15, -0.1) is 0 Å². The van der Waals surface area contributed by atoms with Crippen LogP contribution in [0.5, 0.6) is 0 Å². The molecule has 0 aromatic carbocycles. The number of nitrogens with one attached hydrogen (secondary N) is 1. The van der Waals surface area contributed by atoms with Gasteiger partial charge in [0.25, 0.3) is 0 Å². The number of rotatable bonds is 5. The maximum atomic E-state index is 11.9. The zero-order valence-corrected chi connectivity index (χ0v) is 11.2. The van der Waals surface area contributed by atoms with Gasteiger partial charge >= 0.3 is 0 Å². The molecule has 0 bridgehead atoms. The standard InChI is InChI=1S/C13H24N2O3/c1-2-14-12(17)11-4-3-5-15(6-11)7-13(8-16)9-18-10-13/h11,16H,2-10H2,1H3,(H,14,17). The predicted octanol–water partition coefficient (Wildman–Crippen LogP) is -0.157. The van der Waals surface area contributed by atoms with Crippen molar-refractivity contribution in [3.8, 4) is 0 Å². The Morgan fingerprint density at radius 1 is 1.56 bits per heavy atom. The summed E-state index contributed by atoms with van der Waals surface area (Å²) < 4.78 is 5.22. The van der Waals surface area contributed by atoms with Crippen molar-refractivity contribution in [2.75, 3.05) is 46.0 Å². The molecule has 0 spiro atoms. The fourth-order valence-electron chi connectivity index (χ4n) is 2.83. The predicted molar refractivity (Wildman–Crippen MR) is 68.2 cm³/mol. The molecule has 2 saturated heterocycles. The number of hydrogen-bond donors (Lipinski definition) is 2. The molecule has 2 heterocycles. The quantitative estimate of drug-likeness (QED) is 0.718. The molecular weight excluding hydrogens is 232 g/mol. The summed E-state index contributed by atoms with van der Waals surface area (Å²) in [5, 5.41) is 12.3. The fourth-order valence-corrected chi connectivity index (χ4v) is 2.83. The molecule has 104 valence electrons. The first-order valence-corrected chi connectivity index (χ1v) is 6.88. The van der Waals surface area contributed by atoms with Crippen molar-refractivity contribution in [2.45, 2.75) is 19.8 Å². The number of nitrogens with zero attached hydrogens (tertiary/aromatic N) is 1. The van der Waals surface area contributed by atoms with E-state index in [0.29, 0.717) is 19.8 Å². The molecule has 0 radical (unpaired) electrons. The summed E-state index contributed by atoms with van der Waals surface area (Å²) in [6.45, 7) is 6.80. The highest BCUT2D eigenvalue weighted by molar-refractivity contribution is 5.78. The third-order valence-corrected chi connectivity index (χ3v) is 3.94. The van der Waals surface area contributed by atoms with Crippen LogP contribution in [0.15, 0.2) is 0 Å². The van der Waals surface area contributed by atoms with Crippen LogP contribution >= 0.6 is 0 Å². The third kappa shape index (κ3) is 3.02. The number of likely N-dealkylation sites (tertiary alicyclic amines) is 1. The molecular formula is C13H24N2O3. The van der Waals surface area contributed by atoms with Gasteiger partial charge in [0, 0.05) is 19.6 Å². The van der Waals surface area contributed by atoms with Gasteiger partial charge in [-0.05, 0) is 26.3 Å². The maximum Gasteiger partial charge on any atom is 0.224 e. The average molecular weight is 256 g/mol. The summed E-state index contributed by atoms with van der Waals surface area (Å²) in [5.41, 5.74) is -0.0802. The van der Waals surface area contributed by atoms with E-state index in [4.69, 9.17) is 4.74 Å². The second-order valence-corrected chi connectivity index (χ2v) is 5.62. The van der Waals surface area contributed by atoms with Gasteiger partial charge in [0.15, 0.2) is 0 Å². The number of aliphatic hydroxyl groups is 1. The smallest absolute Gasteiger partial charge is 0.224 e. The number of carbonyl (C=O) groups is 1. The summed E-state index contributed by atoms with van der Waals surface area (Å²) in [5.74, 6) is 0.278. The highest BCUT2D eigenvalue weighted by Gasteiger charge is 2.40. The second-order valence-electron chi connectivity index (χ2n) is 5.62. The van der Waals surface area contributed by atoms with Gasteiger partial charge in [0.1, 0.15) is 0 Å². The molecule has 2 aliphatic rings. The lowest BCUT2D eigenvalue weighted by Gasteiger charge is -2.45. The molecule has 2 fully saturated rings. The molecule has 0 saturated carbocycles. The summed E-state index contributed by atoms with van der Waals surface area (Å²) in [6.07, 6.45) is 2.04. The van der Waals surface area contributed by atoms with E-state index in [0.717, 1.165) is 32.5 Å². The number of ether oxygens (including phenoxy) is 1. The highest BCUT2D eigenvalue weighted by atomic mass is 16.5. The zero-order chi connectivity index (χ0) is 13.0. The Hall–Kier alpha value is -0.650. The van der Waals surface area contributed by atoms with Crippen LogP contribution in [0.25, 0.3) is 0 Å². The van der Waals surface area contributed by atoms with Crippen LogP contribution in [0.1, 0.15) is 19.8 Å². The lowest BCUT2D eigenvalue weighted by molar-refractivity contribution is -0.152. The van der Waals surface area contributed by atoms with E-state index in [9.17, 15) is 9.90 Å². The first-order chi connectivity index (χ1) is 8.69. The lowest BCUT2D eigenvalue weighted by Crippen LogP contribution is -2.55. The van der Waals surface area contributed by atoms with Crippen LogP contribution < -0.4 is 5.32 Å². The van der Waals surface area contributed by atoms with E-state index in [2.05, 4.69) is 10.2 Å². The van der Waals surface area contributed by atoms with Gasteiger partial charge in [-0.2, -0.15) is 0 Å². The van der Waals surface area contributed by atoms with Gasteiger partial charge in [0.05, 0.1) is 31.2 Å². The Kier molecular flexibility index (Phi) is 4.59. The first kappa shape index (κ1) is 13.8. The van der Waals surface area contributed by atoms with Crippen molar-refractivity contribution in [2.24, 2.45) is 11.3 Å². The lowest BCUT2D eigenvalue weighted by atomic mass is 9.85. The molecule has 1 unspecified atom stereocenters. The van der Waals surface area contributed by atoms with E-state index in [-0.39, 0.29) is 23.8 Å². The summed E-state index contributed by atoms with van der Waals surface area (Å²) in [4.78, 5) is 14.2. The van der Waals surface area contributed by atoms with Crippen molar-refractivity contribution in [3.63, 3.8) is 0 Å². The van der Waals surface area contributed by atoms with Crippen LogP contribution in [-0.4, -0.2) is 61.9 Å². The van der Waals surface area contributed by atoms with Crippen LogP contribution in [0.2, 0.25) is 0 Å². The van der Waals surface area contributed by atoms with Crippen molar-refractivity contribution in [3.05, 3.63) is 0 Å². The zero-order valence-electron chi connectivity index (χ0n) is 11.2. The van der Waals surface area contributed by atoms with E-state index in [1.54, 1.807) is 0 Å². The molecule has 2 rings (SSSR count). The molecule has 18 heavy (non-hydrogen) atoms. The molecule has 0 aromatic heterocycles. The molecule has 5 nitrogen and oxygen atoms in total. The number of hydrogen-bond acceptors (Lipinski definition) is 4. The maximum absolute atomic E-state index is 11.9. The first-order valence-electron chi connectivity index (χ1n) is 6.88. The minimum absolute atomic E-state index is 0.0802. The molecule has 0 aliphatic carbocycles. The van der Waals surface area contributed by atoms with E-state index < -0.39 is 0 Å². The van der Waals surface area contributed by atoms with Gasteiger partial charge < -0.3 is 20.1 Å². The van der Waals surface area contributed by atoms with E-state index in [1.807, 2.05) is 6.92 Å². The van der Waals surface area contributed by atoms with E-state index >= 15 is 0 Å². The summed E-state index contributed by atoms with van der Waals surface area (Å²) >= 11 is 0. The Balaban J connectivity index is 1.84. The van der Waals surface area contributed by atoms with Crippen LogP contribution in [-0.2, 0) is 9.53 Å². The molecule has 2 aliphatic heterocycles. The molecule has 2 N–H and O–H groups in total. The minimum Gasteiger partial charge on any atom is -0.396 e. The highest BCUT2D eigenvalue weighted by Crippen LogP contribution is 2.29. The van der Waals surface area contributed by atoms with Crippen molar-refractivity contribution in [1.29, 1.82) is 0 Å². The SMILES string of the molecule is CCNC(=O)C1CCCN(CC2(CO)COC2)C1. The summed E-state index contributed by atoms with van der Waals surface area (Å²) in [7, 11) is 0. The molecule has 0 aromatic rings. The van der Waals surface area contributed by atoms with Crippen molar-refractivity contribution >= 4 is 5.91 Å². The normalized spacial score (nSPS) is 27.6. The summed E-state index contributed by atoms with van der Waals surface area (Å²) in [6, 6.07) is 0. The monoisotopic (exact) mass is 256 g/mol. The van der Waals surface area contributed by atoms with Crippen molar-refractivity contribution < 1.29 is 14.6 Å². The van der Waals surface area contributed by atoms with Gasteiger partial charge in [-0.25, -0.2) is 0 Å². The van der Waals surface area contributed by atoms with E-state index in [1.165, 1.54) is 0 Å². The second kappa shape index (κ2) is 5.99. The van der Waals surface area contributed by atoms with Crippen molar-refractivity contribution in [1.82, 2.24) is 10.2 Å². The number of amides is 1. The van der Waals surface area contributed by atoms with Gasteiger partial charge in [0.2, 0.25) is 5.91 Å². The number of piperidine rings is 1. The molecule has 1 atom stereocenters. The minimum atomic E-state index is -0.0802. The number of carbonyl (C=O) groups excluding carboxylic acids is 1. The average Bonchev–Trinajstić information content (AvgIpc) is 2.34. The molecule has 5 heteroatoms. The number of aliphatic hydroxyl groups excluding tert-OH is 1. The Bertz CT molecular complexity index is 286. The third-order valence-electron chi connectivity index (χ3n) is 3.94. The van der Waals surface area contributed by atoms with Gasteiger partial charge in [-0.1, -0.05) is 0 Å². The van der Waals surface area contributed by atoms with Crippen LogP contribution in [0, 0.1) is 11.3 Å². The Morgan fingerprint density at radius 3 is 2.89 bits per heavy atom. The Morgan fingerprint density at radius 2 is 2.33 bits per heavy atom. The largest absolute Gasteiger partial charge is 0.396 e. The van der Waals surface area contributed by atoms with Crippen LogP contribution in [0.3, 0.4) is 0 Å². The Labute approximate surface area is 108 Å². The molecule has 1 amide bonds.